The third-order valence-electron chi connectivity index (χ3n) is 4.80. The maximum Gasteiger partial charge on any atom is 0.313 e. The number of hydrogen-bond donors (Lipinski definition) is 1. The zero-order chi connectivity index (χ0) is 17.8. The summed E-state index contributed by atoms with van der Waals surface area (Å²) in [5.41, 5.74) is 6.25. The van der Waals surface area contributed by atoms with E-state index >= 15 is 0 Å². The molecule has 0 unspecified atom stereocenters. The van der Waals surface area contributed by atoms with E-state index in [1.807, 2.05) is 24.3 Å². The molecular weight excluding hydrogens is 324 g/mol. The van der Waals surface area contributed by atoms with Crippen molar-refractivity contribution >= 4 is 17.8 Å². The molecular formula is C18H22N2O5. The summed E-state index contributed by atoms with van der Waals surface area (Å²) in [7, 11) is 0. The average Bonchev–Trinajstić information content (AvgIpc) is 2.65. The molecule has 1 atom stereocenters. The highest BCUT2D eigenvalue weighted by Crippen LogP contribution is 2.27. The van der Waals surface area contributed by atoms with E-state index in [2.05, 4.69) is 0 Å². The van der Waals surface area contributed by atoms with Crippen LogP contribution in [0.1, 0.15) is 18.4 Å². The van der Waals surface area contributed by atoms with Gasteiger partial charge in [0.15, 0.2) is 6.61 Å². The summed E-state index contributed by atoms with van der Waals surface area (Å²) < 4.78 is 10.8. The van der Waals surface area contributed by atoms with E-state index in [9.17, 15) is 14.4 Å². The van der Waals surface area contributed by atoms with Gasteiger partial charge in [0.1, 0.15) is 12.4 Å². The van der Waals surface area contributed by atoms with Gasteiger partial charge >= 0.3 is 5.97 Å². The number of piperidine rings is 1. The van der Waals surface area contributed by atoms with Crippen LogP contribution in [-0.4, -0.2) is 49.0 Å². The van der Waals surface area contributed by atoms with Gasteiger partial charge in [-0.25, -0.2) is 0 Å². The molecule has 2 aliphatic heterocycles. The minimum atomic E-state index is -0.421. The molecule has 0 bridgehead atoms. The van der Waals surface area contributed by atoms with Gasteiger partial charge < -0.3 is 20.1 Å². The molecule has 7 heteroatoms. The van der Waals surface area contributed by atoms with Crippen LogP contribution >= 0.6 is 0 Å². The van der Waals surface area contributed by atoms with E-state index < -0.39 is 11.9 Å². The largest absolute Gasteiger partial charge is 0.492 e. The number of benzene rings is 1. The molecule has 2 aliphatic rings. The Morgan fingerprint density at radius 2 is 1.88 bits per heavy atom. The van der Waals surface area contributed by atoms with Crippen LogP contribution in [0, 0.1) is 11.8 Å². The monoisotopic (exact) mass is 346 g/mol. The van der Waals surface area contributed by atoms with Gasteiger partial charge in [-0.1, -0.05) is 18.2 Å². The number of hydrogen-bond acceptors (Lipinski definition) is 5. The number of amides is 2. The van der Waals surface area contributed by atoms with E-state index in [0.29, 0.717) is 32.4 Å². The lowest BCUT2D eigenvalue weighted by Gasteiger charge is -2.30. The van der Waals surface area contributed by atoms with E-state index in [1.54, 1.807) is 4.90 Å². The Balaban J connectivity index is 1.45. The van der Waals surface area contributed by atoms with Crippen molar-refractivity contribution in [1.29, 1.82) is 0 Å². The van der Waals surface area contributed by atoms with Crippen LogP contribution < -0.4 is 10.5 Å². The van der Waals surface area contributed by atoms with Crippen molar-refractivity contribution in [1.82, 2.24) is 4.90 Å². The molecule has 0 aliphatic carbocycles. The molecule has 134 valence electrons. The summed E-state index contributed by atoms with van der Waals surface area (Å²) in [4.78, 5) is 37.1. The second kappa shape index (κ2) is 7.55. The Labute approximate surface area is 146 Å². The molecule has 0 saturated carbocycles. The van der Waals surface area contributed by atoms with Crippen molar-refractivity contribution in [3.05, 3.63) is 29.8 Å². The molecule has 0 radical (unpaired) electrons. The summed E-state index contributed by atoms with van der Waals surface area (Å²) in [5.74, 6) is -0.770. The molecule has 1 aromatic rings. The molecule has 3 rings (SSSR count). The lowest BCUT2D eigenvalue weighted by Crippen LogP contribution is -2.43. The summed E-state index contributed by atoms with van der Waals surface area (Å²) in [6.07, 6.45) is 1.66. The Bertz CT molecular complexity index is 667. The van der Waals surface area contributed by atoms with Gasteiger partial charge in [-0.2, -0.15) is 0 Å². The van der Waals surface area contributed by atoms with Gasteiger partial charge in [0, 0.05) is 19.0 Å². The van der Waals surface area contributed by atoms with Gasteiger partial charge in [0.05, 0.1) is 5.92 Å². The number of carbonyl (C=O) groups is 3. The molecule has 2 N–H and O–H groups in total. The first-order valence-electron chi connectivity index (χ1n) is 8.49. The topological polar surface area (TPSA) is 98.9 Å². The highest BCUT2D eigenvalue weighted by molar-refractivity contribution is 5.82. The summed E-state index contributed by atoms with van der Waals surface area (Å²) in [6.45, 7) is 0.903. The zero-order valence-electron chi connectivity index (χ0n) is 14.0. The number of ether oxygens (including phenoxy) is 2. The fraction of sp³-hybridized carbons (Fsp3) is 0.500. The Hall–Kier alpha value is -2.57. The van der Waals surface area contributed by atoms with Crippen molar-refractivity contribution in [2.24, 2.45) is 17.6 Å². The maximum absolute atomic E-state index is 12.2. The molecule has 0 spiro atoms. The van der Waals surface area contributed by atoms with Crippen molar-refractivity contribution in [2.75, 3.05) is 26.3 Å². The highest BCUT2D eigenvalue weighted by Gasteiger charge is 2.29. The number of fused-ring (bicyclic) bond motifs is 1. The van der Waals surface area contributed by atoms with Gasteiger partial charge in [0.2, 0.25) is 5.91 Å². The van der Waals surface area contributed by atoms with Gasteiger partial charge in [-0.3, -0.25) is 14.4 Å². The fourth-order valence-electron chi connectivity index (χ4n) is 3.23. The van der Waals surface area contributed by atoms with Crippen molar-refractivity contribution in [2.45, 2.75) is 19.3 Å². The quantitative estimate of drug-likeness (QED) is 0.801. The number of nitrogens with two attached hydrogens (primary N) is 1. The third kappa shape index (κ3) is 4.10. The average molecular weight is 346 g/mol. The predicted octanol–water partition coefficient (Wildman–Crippen LogP) is 0.505. The van der Waals surface area contributed by atoms with Crippen LogP contribution in [0.5, 0.6) is 5.75 Å². The molecule has 1 aromatic carbocycles. The van der Waals surface area contributed by atoms with Gasteiger partial charge in [-0.05, 0) is 30.9 Å². The summed E-state index contributed by atoms with van der Waals surface area (Å²) >= 11 is 0. The summed E-state index contributed by atoms with van der Waals surface area (Å²) in [6, 6.07) is 7.58. The van der Waals surface area contributed by atoms with E-state index in [4.69, 9.17) is 15.2 Å². The molecule has 1 fully saturated rings. The predicted molar refractivity (Wildman–Crippen MR) is 88.6 cm³/mol. The standard InChI is InChI=1S/C18H22N2O5/c19-17(22)12-5-7-20(8-6-12)16(21)11-25-18(23)14-9-13-3-1-2-4-15(13)24-10-14/h1-4,12,14H,5-11H2,(H2,19,22)/t14-/m1/s1. The minimum absolute atomic E-state index is 0.175. The number of likely N-dealkylation sites (tertiary alicyclic amines) is 1. The van der Waals surface area contributed by atoms with Crippen LogP contribution in [0.4, 0.5) is 0 Å². The number of para-hydroxylation sites is 1. The molecule has 25 heavy (non-hydrogen) atoms. The Morgan fingerprint density at radius 3 is 2.60 bits per heavy atom. The Kier molecular flexibility index (Phi) is 5.21. The van der Waals surface area contributed by atoms with Crippen molar-refractivity contribution in [3.63, 3.8) is 0 Å². The zero-order valence-corrected chi connectivity index (χ0v) is 14.0. The fourth-order valence-corrected chi connectivity index (χ4v) is 3.23. The first-order valence-corrected chi connectivity index (χ1v) is 8.49. The molecule has 2 heterocycles. The van der Waals surface area contributed by atoms with Crippen LogP contribution in [0.3, 0.4) is 0 Å². The highest BCUT2D eigenvalue weighted by atomic mass is 16.5. The van der Waals surface area contributed by atoms with Crippen molar-refractivity contribution < 1.29 is 23.9 Å². The number of rotatable bonds is 4. The smallest absolute Gasteiger partial charge is 0.313 e. The van der Waals surface area contributed by atoms with Crippen LogP contribution in [0.15, 0.2) is 24.3 Å². The molecule has 0 aromatic heterocycles. The SMILES string of the molecule is NC(=O)C1CCN(C(=O)COC(=O)[C@H]2COc3ccccc3C2)CC1. The second-order valence-electron chi connectivity index (χ2n) is 6.48. The summed E-state index contributed by atoms with van der Waals surface area (Å²) in [5, 5.41) is 0. The van der Waals surface area contributed by atoms with Gasteiger partial charge in [-0.15, -0.1) is 0 Å². The Morgan fingerprint density at radius 1 is 1.16 bits per heavy atom. The van der Waals surface area contributed by atoms with E-state index in [-0.39, 0.29) is 30.9 Å². The van der Waals surface area contributed by atoms with Crippen molar-refractivity contribution in [3.8, 4) is 5.75 Å². The number of carbonyl (C=O) groups excluding carboxylic acids is 3. The van der Waals surface area contributed by atoms with Gasteiger partial charge in [0.25, 0.3) is 5.91 Å². The lowest BCUT2D eigenvalue weighted by atomic mass is 9.96. The maximum atomic E-state index is 12.2. The molecule has 7 nitrogen and oxygen atoms in total. The normalized spacial score (nSPS) is 20.3. The second-order valence-corrected chi connectivity index (χ2v) is 6.48. The number of nitrogens with zero attached hydrogens (tertiary/aromatic N) is 1. The number of primary amides is 1. The minimum Gasteiger partial charge on any atom is -0.492 e. The lowest BCUT2D eigenvalue weighted by molar-refractivity contribution is -0.157. The van der Waals surface area contributed by atoms with Crippen LogP contribution in [0.25, 0.3) is 0 Å². The first kappa shape index (κ1) is 17.3. The van der Waals surface area contributed by atoms with E-state index in [0.717, 1.165) is 11.3 Å². The molecule has 1 saturated heterocycles. The van der Waals surface area contributed by atoms with Crippen LogP contribution in [-0.2, 0) is 25.5 Å². The number of esters is 1. The third-order valence-corrected chi connectivity index (χ3v) is 4.80. The van der Waals surface area contributed by atoms with E-state index in [1.165, 1.54) is 0 Å². The molecule has 2 amide bonds. The first-order chi connectivity index (χ1) is 12.0. The van der Waals surface area contributed by atoms with Crippen LogP contribution in [0.2, 0.25) is 0 Å².